The Bertz CT molecular complexity index is 985. The highest BCUT2D eigenvalue weighted by molar-refractivity contribution is 7.13. The summed E-state index contributed by atoms with van der Waals surface area (Å²) in [5.74, 6) is 2.46. The number of hydrogen-bond donors (Lipinski definition) is 0. The van der Waals surface area contributed by atoms with Gasteiger partial charge in [0, 0.05) is 37.9 Å². The van der Waals surface area contributed by atoms with Crippen LogP contribution in [0.2, 0.25) is 0 Å². The highest BCUT2D eigenvalue weighted by Crippen LogP contribution is 2.29. The molecule has 1 saturated heterocycles. The molecule has 6 nitrogen and oxygen atoms in total. The summed E-state index contributed by atoms with van der Waals surface area (Å²) in [5, 5.41) is 0.946. The second-order valence-electron chi connectivity index (χ2n) is 7.48. The summed E-state index contributed by atoms with van der Waals surface area (Å²) in [7, 11) is 1.68. The lowest BCUT2D eigenvalue weighted by Gasteiger charge is -2.31. The molecular formula is C22H26N4O2S. The van der Waals surface area contributed by atoms with Crippen LogP contribution in [0, 0.1) is 13.8 Å². The monoisotopic (exact) mass is 410 g/mol. The van der Waals surface area contributed by atoms with Crippen molar-refractivity contribution < 1.29 is 9.53 Å². The van der Waals surface area contributed by atoms with Crippen LogP contribution < -0.4 is 4.74 Å². The van der Waals surface area contributed by atoms with Gasteiger partial charge in [0.1, 0.15) is 16.5 Å². The van der Waals surface area contributed by atoms with Crippen molar-refractivity contribution in [1.82, 2.24) is 19.4 Å². The molecule has 0 radical (unpaired) electrons. The van der Waals surface area contributed by atoms with E-state index in [1.165, 1.54) is 16.9 Å². The van der Waals surface area contributed by atoms with E-state index in [2.05, 4.69) is 26.7 Å². The molecule has 2 aromatic heterocycles. The third kappa shape index (κ3) is 4.19. The van der Waals surface area contributed by atoms with E-state index in [4.69, 9.17) is 4.74 Å². The molecule has 1 aliphatic rings. The predicted octanol–water partition coefficient (Wildman–Crippen LogP) is 4.03. The second kappa shape index (κ2) is 8.37. The minimum absolute atomic E-state index is 0.119. The highest BCUT2D eigenvalue weighted by atomic mass is 32.1. The van der Waals surface area contributed by atoms with E-state index < -0.39 is 0 Å². The van der Waals surface area contributed by atoms with Crippen molar-refractivity contribution in [2.45, 2.75) is 39.2 Å². The average molecular weight is 411 g/mol. The smallest absolute Gasteiger partial charge is 0.265 e. The van der Waals surface area contributed by atoms with Crippen molar-refractivity contribution in [3.8, 4) is 5.75 Å². The van der Waals surface area contributed by atoms with Gasteiger partial charge in [0.25, 0.3) is 5.91 Å². The van der Waals surface area contributed by atoms with Crippen LogP contribution in [0.25, 0.3) is 0 Å². The maximum atomic E-state index is 12.9. The molecule has 1 amide bonds. The molecule has 29 heavy (non-hydrogen) atoms. The Balaban J connectivity index is 1.41. The van der Waals surface area contributed by atoms with Gasteiger partial charge < -0.3 is 14.2 Å². The van der Waals surface area contributed by atoms with Gasteiger partial charge in [-0.1, -0.05) is 12.1 Å². The van der Waals surface area contributed by atoms with E-state index in [1.54, 1.807) is 7.11 Å². The maximum absolute atomic E-state index is 12.9. The summed E-state index contributed by atoms with van der Waals surface area (Å²) >= 11 is 1.49. The summed E-state index contributed by atoms with van der Waals surface area (Å²) in [6.45, 7) is 6.17. The number of aromatic nitrogens is 3. The number of imidazole rings is 1. The first-order chi connectivity index (χ1) is 14.0. The van der Waals surface area contributed by atoms with Crippen molar-refractivity contribution in [1.29, 1.82) is 0 Å². The second-order valence-corrected chi connectivity index (χ2v) is 8.68. The third-order valence-corrected chi connectivity index (χ3v) is 6.57. The van der Waals surface area contributed by atoms with Crippen LogP contribution in [-0.2, 0) is 6.54 Å². The largest absolute Gasteiger partial charge is 0.497 e. The fourth-order valence-electron chi connectivity index (χ4n) is 3.96. The summed E-state index contributed by atoms with van der Waals surface area (Å²) in [6, 6.07) is 8.14. The Kier molecular flexibility index (Phi) is 5.67. The number of benzene rings is 1. The Morgan fingerprint density at radius 3 is 2.55 bits per heavy atom. The average Bonchev–Trinajstić information content (AvgIpc) is 3.33. The van der Waals surface area contributed by atoms with Gasteiger partial charge in [0.2, 0.25) is 0 Å². The molecule has 0 atom stereocenters. The van der Waals surface area contributed by atoms with Gasteiger partial charge in [0.05, 0.1) is 17.8 Å². The Morgan fingerprint density at radius 2 is 1.93 bits per heavy atom. The Morgan fingerprint density at radius 1 is 1.21 bits per heavy atom. The van der Waals surface area contributed by atoms with E-state index in [1.807, 2.05) is 43.3 Å². The number of piperidine rings is 1. The number of carbonyl (C=O) groups is 1. The molecule has 0 unspecified atom stereocenters. The normalized spacial score (nSPS) is 14.9. The van der Waals surface area contributed by atoms with Crippen molar-refractivity contribution in [2.75, 3.05) is 20.2 Å². The van der Waals surface area contributed by atoms with Crippen LogP contribution >= 0.6 is 11.3 Å². The molecule has 0 bridgehead atoms. The molecule has 152 valence electrons. The first-order valence-corrected chi connectivity index (χ1v) is 10.7. The van der Waals surface area contributed by atoms with Crippen LogP contribution in [0.15, 0.2) is 36.7 Å². The molecule has 1 aromatic carbocycles. The van der Waals surface area contributed by atoms with Crippen LogP contribution in [0.4, 0.5) is 0 Å². The van der Waals surface area contributed by atoms with E-state index in [0.29, 0.717) is 5.92 Å². The number of carbonyl (C=O) groups excluding carboxylic acids is 1. The zero-order valence-electron chi connectivity index (χ0n) is 17.1. The molecule has 0 saturated carbocycles. The molecule has 7 heteroatoms. The molecule has 1 fully saturated rings. The molecule has 3 heterocycles. The number of nitrogens with zero attached hydrogens (tertiary/aromatic N) is 4. The van der Waals surface area contributed by atoms with Crippen LogP contribution in [0.5, 0.6) is 5.75 Å². The van der Waals surface area contributed by atoms with Gasteiger partial charge in [-0.2, -0.15) is 0 Å². The van der Waals surface area contributed by atoms with Crippen molar-refractivity contribution in [2.24, 2.45) is 0 Å². The minimum Gasteiger partial charge on any atom is -0.497 e. The van der Waals surface area contributed by atoms with E-state index in [9.17, 15) is 4.79 Å². The zero-order chi connectivity index (χ0) is 20.4. The number of methoxy groups -OCH3 is 1. The van der Waals surface area contributed by atoms with Gasteiger partial charge >= 0.3 is 0 Å². The van der Waals surface area contributed by atoms with Crippen LogP contribution in [0.3, 0.4) is 0 Å². The van der Waals surface area contributed by atoms with Gasteiger partial charge in [-0.3, -0.25) is 4.79 Å². The standard InChI is InChI=1S/C22H26N4O2S/c1-15-20(29-16(2)24-15)22(27)25-11-8-18(9-12-25)21-23-10-13-26(21)14-17-4-6-19(28-3)7-5-17/h4-7,10,13,18H,8-9,11-12,14H2,1-3H3. The maximum Gasteiger partial charge on any atom is 0.265 e. The molecular weight excluding hydrogens is 384 g/mol. The number of aryl methyl sites for hydroxylation is 2. The first-order valence-electron chi connectivity index (χ1n) is 9.92. The van der Waals surface area contributed by atoms with Crippen LogP contribution in [-0.4, -0.2) is 45.5 Å². The molecule has 3 aromatic rings. The summed E-state index contributed by atoms with van der Waals surface area (Å²) in [4.78, 5) is 24.6. The number of amides is 1. The fraction of sp³-hybridized carbons (Fsp3) is 0.409. The summed E-state index contributed by atoms with van der Waals surface area (Å²) in [5.41, 5.74) is 2.06. The number of ether oxygens (including phenoxy) is 1. The topological polar surface area (TPSA) is 60.2 Å². The van der Waals surface area contributed by atoms with Crippen molar-refractivity contribution in [3.63, 3.8) is 0 Å². The lowest BCUT2D eigenvalue weighted by Crippen LogP contribution is -2.38. The molecule has 0 aliphatic carbocycles. The summed E-state index contributed by atoms with van der Waals surface area (Å²) < 4.78 is 7.46. The van der Waals surface area contributed by atoms with Gasteiger partial charge in [-0.05, 0) is 44.4 Å². The number of hydrogen-bond acceptors (Lipinski definition) is 5. The number of likely N-dealkylation sites (tertiary alicyclic amines) is 1. The number of rotatable bonds is 5. The van der Waals surface area contributed by atoms with Gasteiger partial charge in [0.15, 0.2) is 0 Å². The Labute approximate surface area is 175 Å². The fourth-order valence-corrected chi connectivity index (χ4v) is 4.84. The first kappa shape index (κ1) is 19.6. The van der Waals surface area contributed by atoms with Crippen molar-refractivity contribution in [3.05, 3.63) is 63.6 Å². The molecule has 0 spiro atoms. The predicted molar refractivity (Wildman–Crippen MR) is 114 cm³/mol. The third-order valence-electron chi connectivity index (χ3n) is 5.50. The van der Waals surface area contributed by atoms with Crippen molar-refractivity contribution >= 4 is 17.2 Å². The molecule has 1 aliphatic heterocycles. The highest BCUT2D eigenvalue weighted by Gasteiger charge is 2.28. The molecule has 4 rings (SSSR count). The minimum atomic E-state index is 0.119. The Hall–Kier alpha value is -2.67. The van der Waals surface area contributed by atoms with E-state index in [0.717, 1.165) is 59.6 Å². The lowest BCUT2D eigenvalue weighted by atomic mass is 9.95. The lowest BCUT2D eigenvalue weighted by molar-refractivity contribution is 0.0714. The number of thiazole rings is 1. The van der Waals surface area contributed by atoms with E-state index in [-0.39, 0.29) is 5.91 Å². The van der Waals surface area contributed by atoms with Gasteiger partial charge in [-0.25, -0.2) is 9.97 Å². The molecule has 0 N–H and O–H groups in total. The van der Waals surface area contributed by atoms with E-state index >= 15 is 0 Å². The van der Waals surface area contributed by atoms with Crippen LogP contribution in [0.1, 0.15) is 50.5 Å². The zero-order valence-corrected chi connectivity index (χ0v) is 17.9. The SMILES string of the molecule is COc1ccc(Cn2ccnc2C2CCN(C(=O)c3sc(C)nc3C)CC2)cc1. The quantitative estimate of drug-likeness (QED) is 0.637. The summed E-state index contributed by atoms with van der Waals surface area (Å²) in [6.07, 6.45) is 5.78. The van der Waals surface area contributed by atoms with Gasteiger partial charge in [-0.15, -0.1) is 11.3 Å².